The Labute approximate surface area is 110 Å². The number of nitrogens with one attached hydrogen (secondary N) is 1. The van der Waals surface area contributed by atoms with Gasteiger partial charge in [0.1, 0.15) is 0 Å². The standard InChI is InChI=1S/C15H25NS/c1-9-6-7-15(11(9)3)16-12(4)14-8-10(2)17-13(14)5/h8-9,11-12,15-16H,6-7H2,1-5H3. The summed E-state index contributed by atoms with van der Waals surface area (Å²) in [5, 5.41) is 3.84. The van der Waals surface area contributed by atoms with Gasteiger partial charge < -0.3 is 5.32 Å². The van der Waals surface area contributed by atoms with Crippen molar-refractivity contribution in [2.75, 3.05) is 0 Å². The number of aryl methyl sites for hydroxylation is 2. The number of hydrogen-bond donors (Lipinski definition) is 1. The van der Waals surface area contributed by atoms with E-state index in [1.165, 1.54) is 28.2 Å². The summed E-state index contributed by atoms with van der Waals surface area (Å²) >= 11 is 1.92. The molecule has 1 heterocycles. The van der Waals surface area contributed by atoms with Crippen LogP contribution in [0.25, 0.3) is 0 Å². The van der Waals surface area contributed by atoms with Gasteiger partial charge in [0.05, 0.1) is 0 Å². The lowest BCUT2D eigenvalue weighted by Gasteiger charge is -2.24. The van der Waals surface area contributed by atoms with E-state index < -0.39 is 0 Å². The van der Waals surface area contributed by atoms with Gasteiger partial charge in [0, 0.05) is 21.8 Å². The fourth-order valence-corrected chi connectivity index (χ4v) is 4.11. The van der Waals surface area contributed by atoms with Crippen LogP contribution in [0.1, 0.15) is 55.0 Å². The van der Waals surface area contributed by atoms with Gasteiger partial charge in [-0.25, -0.2) is 0 Å². The predicted octanol–water partition coefficient (Wildman–Crippen LogP) is 4.45. The molecule has 0 amide bonds. The molecular formula is C15H25NS. The fourth-order valence-electron chi connectivity index (χ4n) is 3.09. The molecule has 1 aliphatic rings. The molecule has 1 aromatic heterocycles. The van der Waals surface area contributed by atoms with Gasteiger partial charge in [-0.2, -0.15) is 0 Å². The van der Waals surface area contributed by atoms with E-state index in [4.69, 9.17) is 0 Å². The van der Waals surface area contributed by atoms with E-state index in [2.05, 4.69) is 46.0 Å². The summed E-state index contributed by atoms with van der Waals surface area (Å²) in [6.07, 6.45) is 2.72. The van der Waals surface area contributed by atoms with Crippen LogP contribution in [0.2, 0.25) is 0 Å². The summed E-state index contributed by atoms with van der Waals surface area (Å²) in [5.41, 5.74) is 1.50. The lowest BCUT2D eigenvalue weighted by molar-refractivity contribution is 0.347. The molecule has 0 aromatic carbocycles. The highest BCUT2D eigenvalue weighted by Crippen LogP contribution is 2.34. The van der Waals surface area contributed by atoms with Crippen LogP contribution in [0.5, 0.6) is 0 Å². The third-order valence-electron chi connectivity index (χ3n) is 4.48. The Morgan fingerprint density at radius 3 is 2.47 bits per heavy atom. The van der Waals surface area contributed by atoms with Crippen molar-refractivity contribution in [1.29, 1.82) is 0 Å². The van der Waals surface area contributed by atoms with Gasteiger partial charge >= 0.3 is 0 Å². The van der Waals surface area contributed by atoms with E-state index in [1.54, 1.807) is 0 Å². The highest BCUT2D eigenvalue weighted by molar-refractivity contribution is 7.12. The molecule has 0 spiro atoms. The maximum atomic E-state index is 3.84. The van der Waals surface area contributed by atoms with E-state index in [1.807, 2.05) is 11.3 Å². The normalized spacial score (nSPS) is 30.8. The Bertz CT molecular complexity index is 382. The van der Waals surface area contributed by atoms with Crippen molar-refractivity contribution >= 4 is 11.3 Å². The molecule has 0 bridgehead atoms. The summed E-state index contributed by atoms with van der Waals surface area (Å²) in [6.45, 7) is 11.5. The van der Waals surface area contributed by atoms with Crippen molar-refractivity contribution in [3.8, 4) is 0 Å². The van der Waals surface area contributed by atoms with Crippen LogP contribution in [-0.4, -0.2) is 6.04 Å². The SMILES string of the molecule is Cc1cc(C(C)NC2CCC(C)C2C)c(C)s1. The van der Waals surface area contributed by atoms with Crippen molar-refractivity contribution in [2.24, 2.45) is 11.8 Å². The molecule has 4 atom stereocenters. The molecule has 4 unspecified atom stereocenters. The van der Waals surface area contributed by atoms with Crippen LogP contribution >= 0.6 is 11.3 Å². The van der Waals surface area contributed by atoms with Gasteiger partial charge in [0.25, 0.3) is 0 Å². The molecule has 1 aromatic rings. The van der Waals surface area contributed by atoms with E-state index in [9.17, 15) is 0 Å². The summed E-state index contributed by atoms with van der Waals surface area (Å²) in [6, 6.07) is 3.55. The smallest absolute Gasteiger partial charge is 0.0305 e. The van der Waals surface area contributed by atoms with Crippen LogP contribution < -0.4 is 5.32 Å². The minimum absolute atomic E-state index is 0.498. The minimum atomic E-state index is 0.498. The third-order valence-corrected chi connectivity index (χ3v) is 5.46. The van der Waals surface area contributed by atoms with Crippen molar-refractivity contribution in [3.63, 3.8) is 0 Å². The predicted molar refractivity (Wildman–Crippen MR) is 76.7 cm³/mol. The molecule has 1 N–H and O–H groups in total. The van der Waals surface area contributed by atoms with Crippen molar-refractivity contribution in [1.82, 2.24) is 5.32 Å². The van der Waals surface area contributed by atoms with Gasteiger partial charge in [-0.15, -0.1) is 11.3 Å². The Morgan fingerprint density at radius 2 is 2.00 bits per heavy atom. The second kappa shape index (κ2) is 5.11. The van der Waals surface area contributed by atoms with E-state index in [-0.39, 0.29) is 0 Å². The molecule has 1 fully saturated rings. The first-order valence-electron chi connectivity index (χ1n) is 6.82. The highest BCUT2D eigenvalue weighted by Gasteiger charge is 2.30. The topological polar surface area (TPSA) is 12.0 Å². The lowest BCUT2D eigenvalue weighted by Crippen LogP contribution is -2.34. The Kier molecular flexibility index (Phi) is 3.94. The number of rotatable bonds is 3. The van der Waals surface area contributed by atoms with Gasteiger partial charge in [-0.3, -0.25) is 0 Å². The summed E-state index contributed by atoms with van der Waals surface area (Å²) in [5.74, 6) is 1.70. The molecule has 2 rings (SSSR count). The zero-order chi connectivity index (χ0) is 12.6. The molecule has 1 nitrogen and oxygen atoms in total. The zero-order valence-corrected chi connectivity index (χ0v) is 12.5. The highest BCUT2D eigenvalue weighted by atomic mass is 32.1. The maximum Gasteiger partial charge on any atom is 0.0305 e. The quantitative estimate of drug-likeness (QED) is 0.837. The molecular weight excluding hydrogens is 226 g/mol. The lowest BCUT2D eigenvalue weighted by atomic mass is 9.96. The van der Waals surface area contributed by atoms with E-state index >= 15 is 0 Å². The minimum Gasteiger partial charge on any atom is -0.307 e. The third kappa shape index (κ3) is 2.74. The molecule has 0 aliphatic heterocycles. The van der Waals surface area contributed by atoms with Crippen LogP contribution in [0, 0.1) is 25.7 Å². The Balaban J connectivity index is 2.02. The summed E-state index contributed by atoms with van der Waals surface area (Å²) in [4.78, 5) is 2.90. The molecule has 1 saturated carbocycles. The second-order valence-corrected chi connectivity index (χ2v) is 7.24. The van der Waals surface area contributed by atoms with Crippen molar-refractivity contribution in [2.45, 2.75) is 59.5 Å². The zero-order valence-electron chi connectivity index (χ0n) is 11.7. The fraction of sp³-hybridized carbons (Fsp3) is 0.733. The van der Waals surface area contributed by atoms with E-state index in [0.29, 0.717) is 12.1 Å². The van der Waals surface area contributed by atoms with Crippen LogP contribution in [0.4, 0.5) is 0 Å². The first-order valence-corrected chi connectivity index (χ1v) is 7.63. The average Bonchev–Trinajstić information content (AvgIpc) is 2.75. The Hall–Kier alpha value is -0.340. The largest absolute Gasteiger partial charge is 0.307 e. The van der Waals surface area contributed by atoms with Crippen LogP contribution in [0.3, 0.4) is 0 Å². The molecule has 1 aliphatic carbocycles. The van der Waals surface area contributed by atoms with Gasteiger partial charge in [-0.1, -0.05) is 13.8 Å². The molecule has 0 saturated heterocycles. The maximum absolute atomic E-state index is 3.84. The molecule has 0 radical (unpaired) electrons. The molecule has 2 heteroatoms. The van der Waals surface area contributed by atoms with Crippen molar-refractivity contribution in [3.05, 3.63) is 21.4 Å². The van der Waals surface area contributed by atoms with E-state index in [0.717, 1.165) is 11.8 Å². The number of hydrogen-bond acceptors (Lipinski definition) is 2. The monoisotopic (exact) mass is 251 g/mol. The van der Waals surface area contributed by atoms with Gasteiger partial charge in [0.15, 0.2) is 0 Å². The molecule has 17 heavy (non-hydrogen) atoms. The van der Waals surface area contributed by atoms with Crippen LogP contribution in [-0.2, 0) is 0 Å². The first kappa shape index (κ1) is 13.1. The average molecular weight is 251 g/mol. The van der Waals surface area contributed by atoms with Crippen molar-refractivity contribution < 1.29 is 0 Å². The second-order valence-electron chi connectivity index (χ2n) is 5.78. The summed E-state index contributed by atoms with van der Waals surface area (Å²) in [7, 11) is 0. The summed E-state index contributed by atoms with van der Waals surface area (Å²) < 4.78 is 0. The van der Waals surface area contributed by atoms with Crippen LogP contribution in [0.15, 0.2) is 6.07 Å². The molecule has 96 valence electrons. The van der Waals surface area contributed by atoms with Gasteiger partial charge in [-0.05, 0) is 57.1 Å². The number of thiophene rings is 1. The van der Waals surface area contributed by atoms with Gasteiger partial charge in [0.2, 0.25) is 0 Å². The Morgan fingerprint density at radius 1 is 1.29 bits per heavy atom. The first-order chi connectivity index (χ1) is 7.99.